The summed E-state index contributed by atoms with van der Waals surface area (Å²) < 4.78 is 0. The molecule has 0 amide bonds. The molecule has 0 aromatic heterocycles. The first-order chi connectivity index (χ1) is 71.0. The van der Waals surface area contributed by atoms with Crippen LogP contribution < -0.4 is 0 Å². The monoisotopic (exact) mass is 2040 g/mol. The average molecular weight is 2040 g/mol. The molecular weight excluding hydrogens is 1780 g/mol. The predicted octanol–water partition coefficient (Wildman–Crippen LogP) is 39.0. The molecule has 0 fully saturated rings. The summed E-state index contributed by atoms with van der Waals surface area (Å²) in [5.74, 6) is 0. The first-order valence-corrected chi connectivity index (χ1v) is 61.3. The third-order valence-corrected chi connectivity index (χ3v) is 22.8. The fourth-order valence-corrected chi connectivity index (χ4v) is 13.7. The van der Waals surface area contributed by atoms with Crippen LogP contribution in [0.5, 0.6) is 0 Å². The van der Waals surface area contributed by atoms with Gasteiger partial charge in [-0.25, -0.2) is 0 Å². The molecule has 0 spiro atoms. The SMILES string of the molecule is C/C=C/C/C=C/C/C=C/CCCO.C/C=C/CCCO.CC/C=C/C/C=C/C/C=C/C/C=C/CCCO.CC/C=C/C/C=C/CCCO.CCC/C=C/C/C=C/C/C=C/CCCO.CCC/C=C/CCCO.CCCCCCCCCCCCCCCCO.CCCCCCCCCCCCCCO.CCCCCCCCCCCCO.CCCCCCCCCCO.CCCCCCCCO.CCCCCCO. The minimum absolute atomic E-state index is 0.289. The van der Waals surface area contributed by atoms with E-state index in [2.05, 4.69) is 233 Å². The molecule has 12 heteroatoms. The molecule has 0 heterocycles. The maximum absolute atomic E-state index is 8.64. The number of hydrogen-bond acceptors (Lipinski definition) is 12. The van der Waals surface area contributed by atoms with Crippen molar-refractivity contribution in [1.82, 2.24) is 0 Å². The van der Waals surface area contributed by atoms with E-state index in [9.17, 15) is 0 Å². The Kier molecular flexibility index (Phi) is 225. The van der Waals surface area contributed by atoms with Gasteiger partial charge < -0.3 is 61.3 Å². The van der Waals surface area contributed by atoms with Crippen LogP contribution in [0.3, 0.4) is 0 Å². The summed E-state index contributed by atoms with van der Waals surface area (Å²) in [6.07, 6.45) is 158. The van der Waals surface area contributed by atoms with Crippen molar-refractivity contribution in [2.75, 3.05) is 79.3 Å². The lowest BCUT2D eigenvalue weighted by Gasteiger charge is -2.02. The zero-order valence-corrected chi connectivity index (χ0v) is 98.6. The first kappa shape index (κ1) is 165. The normalized spacial score (nSPS) is 11.3. The summed E-state index contributed by atoms with van der Waals surface area (Å²) in [5, 5.41) is 102. The van der Waals surface area contributed by atoms with E-state index in [1.807, 2.05) is 19.9 Å². The van der Waals surface area contributed by atoms with Gasteiger partial charge in [-0.05, 0) is 206 Å². The van der Waals surface area contributed by atoms with Crippen molar-refractivity contribution in [3.05, 3.63) is 170 Å². The summed E-state index contributed by atoms with van der Waals surface area (Å²) in [5.41, 5.74) is 0. The lowest BCUT2D eigenvalue weighted by molar-refractivity contribution is 0.282. The molecule has 12 N–H and O–H groups in total. The third-order valence-electron chi connectivity index (χ3n) is 22.8. The Morgan fingerprint density at radius 2 is 0.222 bits per heavy atom. The van der Waals surface area contributed by atoms with Gasteiger partial charge in [0.1, 0.15) is 0 Å². The number of unbranched alkanes of at least 4 members (excludes halogenated alkanes) is 56. The molecule has 0 unspecified atom stereocenters. The highest BCUT2D eigenvalue weighted by atomic mass is 16.3. The van der Waals surface area contributed by atoms with E-state index in [0.29, 0.717) is 72.7 Å². The summed E-state index contributed by atoms with van der Waals surface area (Å²) in [7, 11) is 0. The second kappa shape index (κ2) is 197. The van der Waals surface area contributed by atoms with Gasteiger partial charge in [-0.2, -0.15) is 0 Å². The van der Waals surface area contributed by atoms with E-state index in [1.54, 1.807) is 0 Å². The van der Waals surface area contributed by atoms with Crippen LogP contribution >= 0.6 is 0 Å². The van der Waals surface area contributed by atoms with Gasteiger partial charge in [0.25, 0.3) is 0 Å². The molecular formula is C132H260O12. The van der Waals surface area contributed by atoms with Gasteiger partial charge in [0.05, 0.1) is 0 Å². The number of allylic oxidation sites excluding steroid dienone is 28. The number of aliphatic hydroxyl groups excluding tert-OH is 12. The van der Waals surface area contributed by atoms with Crippen molar-refractivity contribution in [2.24, 2.45) is 0 Å². The molecule has 860 valence electrons. The number of aliphatic hydroxyl groups is 12. The average Bonchev–Trinajstić information content (AvgIpc) is 1.12. The van der Waals surface area contributed by atoms with Crippen LogP contribution in [0.25, 0.3) is 0 Å². The topological polar surface area (TPSA) is 243 Å². The van der Waals surface area contributed by atoms with Crippen LogP contribution in [0.15, 0.2) is 170 Å². The van der Waals surface area contributed by atoms with Crippen molar-refractivity contribution >= 4 is 0 Å². The van der Waals surface area contributed by atoms with Crippen molar-refractivity contribution in [3.8, 4) is 0 Å². The van der Waals surface area contributed by atoms with E-state index in [4.69, 9.17) is 61.3 Å². The summed E-state index contributed by atoms with van der Waals surface area (Å²) in [6, 6.07) is 0. The first-order valence-electron chi connectivity index (χ1n) is 61.3. The molecule has 0 atom stereocenters. The molecule has 0 rings (SSSR count). The Balaban J connectivity index is -0.000000133. The van der Waals surface area contributed by atoms with E-state index in [1.165, 1.54) is 334 Å². The van der Waals surface area contributed by atoms with Crippen molar-refractivity contribution < 1.29 is 61.3 Å². The molecule has 0 aromatic carbocycles. The maximum atomic E-state index is 8.64. The second-order valence-electron chi connectivity index (χ2n) is 37.6. The Morgan fingerprint density at radius 3 is 0.375 bits per heavy atom. The standard InChI is InChI=1S/C16H34O.C16H26O.C14H30O.C14H24O.C12H26O.C12H20O.C10H22O.C10H18O.C8H18O.C8H16O.C6H14O.C6H12O/c2*1-2-3-4-5-6-7-8-9-10-11-12-13-14-15-16-17;2*1-2-3-4-5-6-7-8-9-10-11-12-13-14-15;2*1-2-3-4-5-6-7-8-9-10-11-12-13;2*1-2-3-4-5-6-7-8-9-10-11;2*1-2-3-4-5-6-7-8-9;2*1-2-3-4-5-6-7/h17H,2-16H2,1H3;3-4,6-7,9-10,12-13,17H,2,5,8,11,14-16H2,1H3;15H,2-14H2,1H3;4-5,7-8,10-11,15H,2-3,6,9,12-14H2,1H3;13H,2-12H2,1H3;2-3,5-6,8-9,13H,4,7,10-12H2,1H3;11H,2-10H2,1H3;3-4,6-7,11H,2,5,8-10H2,1H3;9H,2-8H2,1H3;4-5,9H,2-3,6-8H2,1H3;7H,2-6H2,1H3;2-3,7H,4-6H2,1H3/b;4-3+,7-6+,10-9+,13-12+;;5-4+,8-7+,11-10+;;3-2+,6-5+,9-8+;;4-3+,7-6+;;5-4+;;3-2+. The van der Waals surface area contributed by atoms with Crippen LogP contribution in [-0.4, -0.2) is 141 Å². The zero-order chi connectivity index (χ0) is 109. The van der Waals surface area contributed by atoms with Gasteiger partial charge >= 0.3 is 0 Å². The lowest BCUT2D eigenvalue weighted by Crippen LogP contribution is -1.84. The zero-order valence-electron chi connectivity index (χ0n) is 98.6. The van der Waals surface area contributed by atoms with Gasteiger partial charge in [-0.3, -0.25) is 0 Å². The van der Waals surface area contributed by atoms with Gasteiger partial charge in [-0.15, -0.1) is 0 Å². The molecule has 0 aliphatic rings. The molecule has 0 radical (unpaired) electrons. The van der Waals surface area contributed by atoms with E-state index in [-0.39, 0.29) is 6.61 Å². The number of hydrogen-bond donors (Lipinski definition) is 12. The fraction of sp³-hybridized carbons (Fsp3) is 0.788. The van der Waals surface area contributed by atoms with E-state index >= 15 is 0 Å². The molecule has 0 saturated heterocycles. The minimum Gasteiger partial charge on any atom is -0.396 e. The highest BCUT2D eigenvalue weighted by Crippen LogP contribution is 2.17. The molecule has 0 saturated carbocycles. The van der Waals surface area contributed by atoms with Crippen LogP contribution in [0.1, 0.15) is 597 Å². The Hall–Kier alpha value is -4.12. The highest BCUT2D eigenvalue weighted by molar-refractivity contribution is 5.01. The molecule has 0 aliphatic carbocycles. The predicted molar refractivity (Wildman–Crippen MR) is 650 cm³/mol. The van der Waals surface area contributed by atoms with Crippen molar-refractivity contribution in [2.45, 2.75) is 597 Å². The molecule has 12 nitrogen and oxygen atoms in total. The summed E-state index contributed by atoms with van der Waals surface area (Å²) in [4.78, 5) is 0. The third kappa shape index (κ3) is 239. The van der Waals surface area contributed by atoms with Gasteiger partial charge in [0.15, 0.2) is 0 Å². The maximum Gasteiger partial charge on any atom is 0.0433 e. The van der Waals surface area contributed by atoms with E-state index < -0.39 is 0 Å². The van der Waals surface area contributed by atoms with Crippen LogP contribution in [0.2, 0.25) is 0 Å². The molecule has 0 bridgehead atoms. The summed E-state index contributed by atoms with van der Waals surface area (Å²) in [6.45, 7) is 30.1. The number of rotatable bonds is 94. The Morgan fingerprint density at radius 1 is 0.104 bits per heavy atom. The smallest absolute Gasteiger partial charge is 0.0433 e. The summed E-state index contributed by atoms with van der Waals surface area (Å²) >= 11 is 0. The second-order valence-corrected chi connectivity index (χ2v) is 37.6. The van der Waals surface area contributed by atoms with Gasteiger partial charge in [0.2, 0.25) is 0 Å². The quantitative estimate of drug-likeness (QED) is 0.0201. The Labute approximate surface area is 901 Å². The van der Waals surface area contributed by atoms with Gasteiger partial charge in [0, 0.05) is 79.3 Å². The fourth-order valence-electron chi connectivity index (χ4n) is 13.7. The molecule has 0 aliphatic heterocycles. The Bertz CT molecular complexity index is 2330. The van der Waals surface area contributed by atoms with Crippen molar-refractivity contribution in [1.29, 1.82) is 0 Å². The van der Waals surface area contributed by atoms with Crippen molar-refractivity contribution in [3.63, 3.8) is 0 Å². The lowest BCUT2D eigenvalue weighted by atomic mass is 10.0. The van der Waals surface area contributed by atoms with Crippen LogP contribution in [0, 0.1) is 0 Å². The van der Waals surface area contributed by atoms with E-state index in [0.717, 1.165) is 180 Å². The highest BCUT2D eigenvalue weighted by Gasteiger charge is 1.98. The minimum atomic E-state index is 0.289. The molecule has 0 aromatic rings. The van der Waals surface area contributed by atoms with Crippen LogP contribution in [0.4, 0.5) is 0 Å². The largest absolute Gasteiger partial charge is 0.396 e. The van der Waals surface area contributed by atoms with Crippen LogP contribution in [-0.2, 0) is 0 Å². The van der Waals surface area contributed by atoms with Gasteiger partial charge in [-0.1, -0.05) is 560 Å². The molecule has 144 heavy (non-hydrogen) atoms.